The van der Waals surface area contributed by atoms with E-state index in [1.165, 1.54) is 14.2 Å². The van der Waals surface area contributed by atoms with Gasteiger partial charge in [0.2, 0.25) is 0 Å². The van der Waals surface area contributed by atoms with Crippen LogP contribution in [0.25, 0.3) is 0 Å². The maximum atomic E-state index is 13.3. The minimum atomic E-state index is -1.00. The summed E-state index contributed by atoms with van der Waals surface area (Å²) < 4.78 is 23.1. The zero-order valence-corrected chi connectivity index (χ0v) is 24.4. The van der Waals surface area contributed by atoms with Crippen molar-refractivity contribution in [3.05, 3.63) is 59.7 Å². The molecule has 5 N–H and O–H groups in total. The number of fused-ring (bicyclic) bond motifs is 4. The molecule has 0 unspecified atom stereocenters. The van der Waals surface area contributed by atoms with E-state index < -0.39 is 11.3 Å². The van der Waals surface area contributed by atoms with Crippen LogP contribution in [0.5, 0.6) is 23.0 Å². The number of benzene rings is 2. The van der Waals surface area contributed by atoms with Crippen molar-refractivity contribution in [1.29, 1.82) is 0 Å². The van der Waals surface area contributed by atoms with Crippen molar-refractivity contribution in [3.63, 3.8) is 0 Å². The van der Waals surface area contributed by atoms with Crippen molar-refractivity contribution in [3.8, 4) is 23.0 Å². The Bertz CT molecular complexity index is 1570. The van der Waals surface area contributed by atoms with Crippen molar-refractivity contribution in [1.82, 2.24) is 9.80 Å². The molecule has 0 aliphatic carbocycles. The molecule has 4 aliphatic rings. The van der Waals surface area contributed by atoms with Crippen LogP contribution < -0.4 is 35.7 Å². The molecule has 6 rings (SSSR count). The van der Waals surface area contributed by atoms with Gasteiger partial charge < -0.3 is 45.5 Å². The van der Waals surface area contributed by atoms with Gasteiger partial charge in [-0.1, -0.05) is 24.3 Å². The van der Waals surface area contributed by atoms with Crippen LogP contribution in [0.15, 0.2) is 53.6 Å². The Balaban J connectivity index is 1.12. The molecule has 0 radical (unpaired) electrons. The minimum absolute atomic E-state index is 0.174. The number of carbonyl (C=O) groups is 2. The van der Waals surface area contributed by atoms with E-state index in [1.54, 1.807) is 40.3 Å². The van der Waals surface area contributed by atoms with Gasteiger partial charge in [-0.3, -0.25) is 14.6 Å². The van der Waals surface area contributed by atoms with Crippen molar-refractivity contribution < 1.29 is 28.5 Å². The predicted octanol–water partition coefficient (Wildman–Crippen LogP) is 2.81. The molecule has 0 aromatic heterocycles. The van der Waals surface area contributed by atoms with Gasteiger partial charge in [0.25, 0.3) is 11.8 Å². The first-order chi connectivity index (χ1) is 20.5. The molecule has 43 heavy (non-hydrogen) atoms. The lowest BCUT2D eigenvalue weighted by molar-refractivity contribution is 0.0635. The fourth-order valence-electron chi connectivity index (χ4n) is 6.09. The fourth-order valence-corrected chi connectivity index (χ4v) is 6.09. The van der Waals surface area contributed by atoms with E-state index in [4.69, 9.17) is 30.4 Å². The standard InChI is InChI=1S/C31H36N6O6/c1-18-12-30(32)16-34-22-10-26(24(40-3)8-20(22)28(38)36(30)14-18)42-6-5-7-43-27-11-23-21(9-25(27)41-4)29(39)37-15-19(2)13-31(37,33)17-35-23/h8-11,16,35H,1-2,5-7,12-15,17,32-33H2,3-4H3/t30-,31-/m0/s1. The van der Waals surface area contributed by atoms with Crippen molar-refractivity contribution in [2.45, 2.75) is 30.6 Å². The van der Waals surface area contributed by atoms with E-state index in [0.717, 1.165) is 11.1 Å². The Kier molecular flexibility index (Phi) is 7.05. The maximum Gasteiger partial charge on any atom is 0.258 e. The number of nitrogens with zero attached hydrogens (tertiary/aromatic N) is 3. The number of rotatable bonds is 8. The van der Waals surface area contributed by atoms with Gasteiger partial charge >= 0.3 is 0 Å². The highest BCUT2D eigenvalue weighted by Gasteiger charge is 2.45. The molecule has 2 amide bonds. The predicted molar refractivity (Wildman–Crippen MR) is 162 cm³/mol. The molecule has 12 nitrogen and oxygen atoms in total. The van der Waals surface area contributed by atoms with Gasteiger partial charge in [0.05, 0.1) is 56.5 Å². The van der Waals surface area contributed by atoms with Gasteiger partial charge in [-0.15, -0.1) is 0 Å². The van der Waals surface area contributed by atoms with Crippen LogP contribution in [0.2, 0.25) is 0 Å². The number of ether oxygens (including phenoxy) is 4. The first-order valence-electron chi connectivity index (χ1n) is 14.1. The first-order valence-corrected chi connectivity index (χ1v) is 14.1. The molecule has 2 atom stereocenters. The van der Waals surface area contributed by atoms with Crippen molar-refractivity contribution >= 4 is 29.4 Å². The number of methoxy groups -OCH3 is 2. The minimum Gasteiger partial charge on any atom is -0.493 e. The molecular formula is C31H36N6O6. The van der Waals surface area contributed by atoms with Crippen molar-refractivity contribution in [2.24, 2.45) is 16.5 Å². The molecule has 2 aromatic rings. The molecule has 4 aliphatic heterocycles. The lowest BCUT2D eigenvalue weighted by Crippen LogP contribution is -2.57. The van der Waals surface area contributed by atoms with E-state index in [9.17, 15) is 9.59 Å². The number of aliphatic imine (C=N–C) groups is 1. The second-order valence-electron chi connectivity index (χ2n) is 11.5. The average molecular weight is 589 g/mol. The summed E-state index contributed by atoms with van der Waals surface area (Å²) in [5, 5.41) is 3.31. The molecular weight excluding hydrogens is 552 g/mol. The molecule has 0 spiro atoms. The van der Waals surface area contributed by atoms with Crippen LogP contribution in [-0.2, 0) is 0 Å². The molecule has 4 heterocycles. The molecule has 226 valence electrons. The number of hydrogen-bond donors (Lipinski definition) is 3. The van der Waals surface area contributed by atoms with Crippen LogP contribution in [-0.4, -0.2) is 86.2 Å². The summed E-state index contributed by atoms with van der Waals surface area (Å²) in [7, 11) is 3.05. The van der Waals surface area contributed by atoms with E-state index >= 15 is 0 Å². The Morgan fingerprint density at radius 3 is 2.16 bits per heavy atom. The normalized spacial score (nSPS) is 24.0. The Morgan fingerprint density at radius 1 is 0.860 bits per heavy atom. The number of hydrogen-bond acceptors (Lipinski definition) is 10. The van der Waals surface area contributed by atoms with Gasteiger partial charge in [-0.2, -0.15) is 0 Å². The van der Waals surface area contributed by atoms with Crippen LogP contribution in [0, 0.1) is 0 Å². The molecule has 12 heteroatoms. The largest absolute Gasteiger partial charge is 0.493 e. The Hall–Kier alpha value is -4.55. The van der Waals surface area contributed by atoms with E-state index in [1.807, 2.05) is 0 Å². The van der Waals surface area contributed by atoms with Crippen LogP contribution >= 0.6 is 0 Å². The second-order valence-corrected chi connectivity index (χ2v) is 11.5. The monoisotopic (exact) mass is 588 g/mol. The second kappa shape index (κ2) is 10.6. The van der Waals surface area contributed by atoms with Crippen molar-refractivity contribution in [2.75, 3.05) is 52.4 Å². The highest BCUT2D eigenvalue weighted by molar-refractivity contribution is 6.05. The Labute approximate surface area is 249 Å². The van der Waals surface area contributed by atoms with Gasteiger partial charge in [0.1, 0.15) is 11.3 Å². The lowest BCUT2D eigenvalue weighted by Gasteiger charge is -2.32. The quantitative estimate of drug-likeness (QED) is 0.312. The number of amides is 2. The van der Waals surface area contributed by atoms with Gasteiger partial charge in [0, 0.05) is 50.7 Å². The number of nitrogens with one attached hydrogen (secondary N) is 1. The third kappa shape index (κ3) is 4.96. The smallest absolute Gasteiger partial charge is 0.258 e. The van der Waals surface area contributed by atoms with Gasteiger partial charge in [0.15, 0.2) is 23.0 Å². The van der Waals surface area contributed by atoms with E-state index in [-0.39, 0.29) is 11.8 Å². The zero-order valence-electron chi connectivity index (χ0n) is 24.4. The third-order valence-electron chi connectivity index (χ3n) is 8.25. The summed E-state index contributed by atoms with van der Waals surface area (Å²) in [5.41, 5.74) is 15.0. The molecule has 2 saturated heterocycles. The summed E-state index contributed by atoms with van der Waals surface area (Å²) in [6.45, 7) is 9.82. The summed E-state index contributed by atoms with van der Waals surface area (Å²) in [6.07, 6.45) is 3.13. The highest BCUT2D eigenvalue weighted by atomic mass is 16.5. The average Bonchev–Trinajstić information content (AvgIpc) is 3.40. The SMILES string of the molecule is C=C1CN2C(=O)c3cc(OC)c(OCCCOc4cc5c(cc4OC)C(=O)N4CC(=C)C[C@@]4(N)C=N5)cc3NC[C@]2(N)C1. The molecule has 2 aromatic carbocycles. The van der Waals surface area contributed by atoms with Crippen LogP contribution in [0.4, 0.5) is 11.4 Å². The van der Waals surface area contributed by atoms with Crippen LogP contribution in [0.1, 0.15) is 40.0 Å². The van der Waals surface area contributed by atoms with E-state index in [2.05, 4.69) is 23.5 Å². The summed E-state index contributed by atoms with van der Waals surface area (Å²) in [5.74, 6) is 1.39. The first kappa shape index (κ1) is 28.6. The zero-order chi connectivity index (χ0) is 30.5. The topological polar surface area (TPSA) is 154 Å². The summed E-state index contributed by atoms with van der Waals surface area (Å²) in [4.78, 5) is 34.4. The fraction of sp³-hybridized carbons (Fsp3) is 0.387. The third-order valence-corrected chi connectivity index (χ3v) is 8.25. The Morgan fingerprint density at radius 2 is 1.47 bits per heavy atom. The molecule has 0 saturated carbocycles. The summed E-state index contributed by atoms with van der Waals surface area (Å²) >= 11 is 0. The van der Waals surface area contributed by atoms with Crippen LogP contribution in [0.3, 0.4) is 0 Å². The summed E-state index contributed by atoms with van der Waals surface area (Å²) in [6, 6.07) is 6.77. The van der Waals surface area contributed by atoms with E-state index in [0.29, 0.717) is 97.6 Å². The number of anilines is 1. The lowest BCUT2D eigenvalue weighted by atomic mass is 10.1. The molecule has 0 bridgehead atoms. The number of carbonyl (C=O) groups excluding carboxylic acids is 2. The maximum absolute atomic E-state index is 13.3. The molecule has 2 fully saturated rings. The van der Waals surface area contributed by atoms with Gasteiger partial charge in [-0.25, -0.2) is 0 Å². The highest BCUT2D eigenvalue weighted by Crippen LogP contribution is 2.41. The number of nitrogens with two attached hydrogens (primary N) is 2. The van der Waals surface area contributed by atoms with Gasteiger partial charge in [-0.05, 0) is 12.1 Å².